The molecule has 2 aliphatic carbocycles. The van der Waals surface area contributed by atoms with Gasteiger partial charge in [-0.25, -0.2) is 4.98 Å². The summed E-state index contributed by atoms with van der Waals surface area (Å²) in [7, 11) is 0. The Morgan fingerprint density at radius 3 is 2.81 bits per heavy atom. The van der Waals surface area contributed by atoms with Gasteiger partial charge in [-0.1, -0.05) is 12.1 Å². The molecule has 2 nitrogen and oxygen atoms in total. The van der Waals surface area contributed by atoms with Crippen molar-refractivity contribution in [1.29, 1.82) is 0 Å². The summed E-state index contributed by atoms with van der Waals surface area (Å²) in [4.78, 5) is 4.74. The van der Waals surface area contributed by atoms with Crippen LogP contribution in [0.1, 0.15) is 42.2 Å². The summed E-state index contributed by atoms with van der Waals surface area (Å²) in [5, 5.41) is 11.5. The van der Waals surface area contributed by atoms with Crippen LogP contribution in [0, 0.1) is 0 Å². The van der Waals surface area contributed by atoms with E-state index in [1.807, 2.05) is 12.1 Å². The van der Waals surface area contributed by atoms with Crippen LogP contribution in [0.15, 0.2) is 18.2 Å². The van der Waals surface area contributed by atoms with E-state index in [0.717, 1.165) is 23.9 Å². The van der Waals surface area contributed by atoms with Gasteiger partial charge < -0.3 is 5.11 Å². The first-order valence-electron chi connectivity index (χ1n) is 5.89. The van der Waals surface area contributed by atoms with E-state index in [-0.39, 0.29) is 0 Å². The van der Waals surface area contributed by atoms with Gasteiger partial charge in [0.15, 0.2) is 0 Å². The summed E-state index contributed by atoms with van der Waals surface area (Å²) < 4.78 is 1.24. The maximum atomic E-state index is 10.2. The fourth-order valence-corrected chi connectivity index (χ4v) is 3.40. The van der Waals surface area contributed by atoms with Gasteiger partial charge >= 0.3 is 0 Å². The number of hydrogen-bond donors (Lipinski definition) is 1. The number of rotatable bonds is 2. The molecule has 0 spiro atoms. The van der Waals surface area contributed by atoms with E-state index in [2.05, 4.69) is 6.07 Å². The average Bonchev–Trinajstić information content (AvgIpc) is 3.19. The topological polar surface area (TPSA) is 33.1 Å². The van der Waals surface area contributed by atoms with Gasteiger partial charge in [-0.15, -0.1) is 11.3 Å². The molecule has 1 heterocycles. The van der Waals surface area contributed by atoms with Crippen LogP contribution in [0.5, 0.6) is 0 Å². The smallest absolute Gasteiger partial charge is 0.0969 e. The summed E-state index contributed by atoms with van der Waals surface area (Å²) in [6, 6.07) is 6.20. The molecule has 1 aromatic heterocycles. The molecule has 3 heteroatoms. The number of thiazole rings is 1. The molecule has 0 aliphatic heterocycles. The minimum absolute atomic E-state index is 0.561. The van der Waals surface area contributed by atoms with Crippen molar-refractivity contribution >= 4 is 21.6 Å². The van der Waals surface area contributed by atoms with Gasteiger partial charge in [0.1, 0.15) is 0 Å². The van der Waals surface area contributed by atoms with Crippen molar-refractivity contribution in [1.82, 2.24) is 4.98 Å². The third-order valence-electron chi connectivity index (χ3n) is 3.59. The second kappa shape index (κ2) is 2.84. The van der Waals surface area contributed by atoms with E-state index in [1.54, 1.807) is 11.3 Å². The number of nitrogens with zero attached hydrogens (tertiary/aromatic N) is 1. The first kappa shape index (κ1) is 9.14. The van der Waals surface area contributed by atoms with Gasteiger partial charge in [-0.3, -0.25) is 0 Å². The Hall–Kier alpha value is -0.930. The highest BCUT2D eigenvalue weighted by Crippen LogP contribution is 2.49. The SMILES string of the molecule is OC1(c2cccc3sc(C4CC4)nc23)CC1. The minimum atomic E-state index is -0.561. The third kappa shape index (κ3) is 1.25. The van der Waals surface area contributed by atoms with Gasteiger partial charge in [0.2, 0.25) is 0 Å². The van der Waals surface area contributed by atoms with Crippen LogP contribution >= 0.6 is 11.3 Å². The lowest BCUT2D eigenvalue weighted by molar-refractivity contribution is 0.153. The minimum Gasteiger partial charge on any atom is -0.385 e. The summed E-state index contributed by atoms with van der Waals surface area (Å²) >= 11 is 1.80. The molecule has 4 rings (SSSR count). The molecule has 1 N–H and O–H groups in total. The van der Waals surface area contributed by atoms with Crippen molar-refractivity contribution in [2.75, 3.05) is 0 Å². The second-order valence-electron chi connectivity index (χ2n) is 5.01. The van der Waals surface area contributed by atoms with Crippen molar-refractivity contribution in [2.45, 2.75) is 37.2 Å². The van der Waals surface area contributed by atoms with E-state index in [9.17, 15) is 5.11 Å². The first-order valence-corrected chi connectivity index (χ1v) is 6.70. The summed E-state index contributed by atoms with van der Waals surface area (Å²) in [5.41, 5.74) is 1.54. The molecular formula is C13H13NOS. The maximum Gasteiger partial charge on any atom is 0.0969 e. The monoisotopic (exact) mass is 231 g/mol. The zero-order valence-corrected chi connectivity index (χ0v) is 9.76. The van der Waals surface area contributed by atoms with Crippen molar-refractivity contribution in [2.24, 2.45) is 0 Å². The molecule has 2 aromatic rings. The number of aromatic nitrogens is 1. The molecule has 1 aromatic carbocycles. The Bertz CT molecular complexity index is 566. The molecule has 0 bridgehead atoms. The molecular weight excluding hydrogens is 218 g/mol. The van der Waals surface area contributed by atoms with E-state index >= 15 is 0 Å². The largest absolute Gasteiger partial charge is 0.385 e. The Morgan fingerprint density at radius 1 is 1.31 bits per heavy atom. The first-order chi connectivity index (χ1) is 7.76. The Labute approximate surface area is 97.9 Å². The number of para-hydroxylation sites is 1. The van der Waals surface area contributed by atoms with Crippen LogP contribution in [-0.2, 0) is 5.60 Å². The molecule has 16 heavy (non-hydrogen) atoms. The van der Waals surface area contributed by atoms with Gasteiger partial charge in [-0.05, 0) is 31.7 Å². The van der Waals surface area contributed by atoms with Crippen molar-refractivity contribution < 1.29 is 5.11 Å². The van der Waals surface area contributed by atoms with Crippen molar-refractivity contribution in [3.8, 4) is 0 Å². The predicted molar refractivity (Wildman–Crippen MR) is 64.7 cm³/mol. The highest BCUT2D eigenvalue weighted by atomic mass is 32.1. The zero-order chi connectivity index (χ0) is 10.8. The molecule has 0 amide bonds. The summed E-state index contributed by atoms with van der Waals surface area (Å²) in [5.74, 6) is 0.707. The van der Waals surface area contributed by atoms with E-state index in [1.165, 1.54) is 22.5 Å². The number of hydrogen-bond acceptors (Lipinski definition) is 3. The Morgan fingerprint density at radius 2 is 2.12 bits per heavy atom. The lowest BCUT2D eigenvalue weighted by Crippen LogP contribution is -2.04. The van der Waals surface area contributed by atoms with Crippen LogP contribution in [0.25, 0.3) is 10.2 Å². The number of fused-ring (bicyclic) bond motifs is 1. The zero-order valence-electron chi connectivity index (χ0n) is 8.94. The molecule has 82 valence electrons. The van der Waals surface area contributed by atoms with Crippen LogP contribution in [0.3, 0.4) is 0 Å². The van der Waals surface area contributed by atoms with E-state index < -0.39 is 5.60 Å². The highest BCUT2D eigenvalue weighted by Gasteiger charge is 2.44. The quantitative estimate of drug-likeness (QED) is 0.861. The average molecular weight is 231 g/mol. The predicted octanol–water partition coefficient (Wildman–Crippen LogP) is 3.16. The van der Waals surface area contributed by atoms with E-state index in [0.29, 0.717) is 5.92 Å². The van der Waals surface area contributed by atoms with Gasteiger partial charge in [0.05, 0.1) is 20.8 Å². The molecule has 2 aliphatic rings. The van der Waals surface area contributed by atoms with Crippen LogP contribution in [0.2, 0.25) is 0 Å². The fourth-order valence-electron chi connectivity index (χ4n) is 2.23. The normalized spacial score (nSPS) is 22.6. The highest BCUT2D eigenvalue weighted by molar-refractivity contribution is 7.18. The lowest BCUT2D eigenvalue weighted by Gasteiger charge is -2.07. The van der Waals surface area contributed by atoms with Crippen LogP contribution in [0.4, 0.5) is 0 Å². The number of benzene rings is 1. The summed E-state index contributed by atoms with van der Waals surface area (Å²) in [6.07, 6.45) is 4.36. The molecule has 0 atom stereocenters. The van der Waals surface area contributed by atoms with E-state index in [4.69, 9.17) is 4.98 Å². The molecule has 0 unspecified atom stereocenters. The lowest BCUT2D eigenvalue weighted by atomic mass is 10.1. The van der Waals surface area contributed by atoms with Gasteiger partial charge in [0, 0.05) is 11.5 Å². The van der Waals surface area contributed by atoms with Gasteiger partial charge in [-0.2, -0.15) is 0 Å². The standard InChI is InChI=1S/C13H13NOS/c15-13(6-7-13)9-2-1-3-10-11(9)14-12(16-10)8-4-5-8/h1-3,8,15H,4-7H2. The summed E-state index contributed by atoms with van der Waals surface area (Å²) in [6.45, 7) is 0. The molecule has 0 radical (unpaired) electrons. The van der Waals surface area contributed by atoms with Crippen molar-refractivity contribution in [3.63, 3.8) is 0 Å². The molecule has 2 fully saturated rings. The fraction of sp³-hybridized carbons (Fsp3) is 0.462. The van der Waals surface area contributed by atoms with Crippen LogP contribution in [-0.4, -0.2) is 10.1 Å². The maximum absolute atomic E-state index is 10.2. The van der Waals surface area contributed by atoms with Gasteiger partial charge in [0.25, 0.3) is 0 Å². The Kier molecular flexibility index (Phi) is 1.62. The third-order valence-corrected chi connectivity index (χ3v) is 4.77. The second-order valence-corrected chi connectivity index (χ2v) is 6.07. The van der Waals surface area contributed by atoms with Crippen LogP contribution < -0.4 is 0 Å². The molecule has 2 saturated carbocycles. The number of aliphatic hydroxyl groups is 1. The Balaban J connectivity index is 1.94. The van der Waals surface area contributed by atoms with Crippen molar-refractivity contribution in [3.05, 3.63) is 28.8 Å². The molecule has 0 saturated heterocycles.